The van der Waals surface area contributed by atoms with Crippen LogP contribution in [0.25, 0.3) is 27.5 Å². The van der Waals surface area contributed by atoms with E-state index in [-0.39, 0.29) is 0 Å². The van der Waals surface area contributed by atoms with E-state index < -0.39 is 0 Å². The Morgan fingerprint density at radius 3 is 3.09 bits per heavy atom. The average Bonchev–Trinajstić information content (AvgIpc) is 3.25. The highest BCUT2D eigenvalue weighted by atomic mass is 32.1. The predicted octanol–water partition coefficient (Wildman–Crippen LogP) is 2.28. The van der Waals surface area contributed by atoms with Gasteiger partial charge in [0.15, 0.2) is 0 Å². The van der Waals surface area contributed by atoms with E-state index in [4.69, 9.17) is 10.7 Å². The van der Waals surface area contributed by atoms with Gasteiger partial charge in [-0.25, -0.2) is 14.5 Å². The second-order valence-electron chi connectivity index (χ2n) is 4.91. The number of thiazole rings is 1. The Morgan fingerprint density at radius 2 is 2.18 bits per heavy atom. The molecule has 4 aromatic heterocycles. The van der Waals surface area contributed by atoms with Crippen molar-refractivity contribution in [3.63, 3.8) is 0 Å². The molecule has 2 N–H and O–H groups in total. The van der Waals surface area contributed by atoms with Crippen LogP contribution in [-0.2, 0) is 6.54 Å². The summed E-state index contributed by atoms with van der Waals surface area (Å²) in [6, 6.07) is 6.00. The molecular weight excluding hydrogens is 296 g/mol. The zero-order chi connectivity index (χ0) is 14.9. The summed E-state index contributed by atoms with van der Waals surface area (Å²) in [7, 11) is 0. The lowest BCUT2D eigenvalue weighted by molar-refractivity contribution is 0.708. The van der Waals surface area contributed by atoms with E-state index in [2.05, 4.69) is 10.1 Å². The molecule has 4 heterocycles. The zero-order valence-corrected chi connectivity index (χ0v) is 12.6. The van der Waals surface area contributed by atoms with Crippen molar-refractivity contribution in [2.45, 2.75) is 6.54 Å². The van der Waals surface area contributed by atoms with Crippen LogP contribution in [0.4, 0.5) is 0 Å². The number of hydrogen-bond donors (Lipinski definition) is 1. The molecular formula is C15H14N6S. The average molecular weight is 310 g/mol. The molecule has 22 heavy (non-hydrogen) atoms. The fourth-order valence-corrected chi connectivity index (χ4v) is 3.21. The normalized spacial score (nSPS) is 11.3. The minimum Gasteiger partial charge on any atom is -0.336 e. The van der Waals surface area contributed by atoms with Crippen LogP contribution in [-0.4, -0.2) is 30.7 Å². The van der Waals surface area contributed by atoms with Gasteiger partial charge in [-0.1, -0.05) is 6.07 Å². The van der Waals surface area contributed by atoms with Gasteiger partial charge >= 0.3 is 0 Å². The van der Waals surface area contributed by atoms with Gasteiger partial charge in [-0.3, -0.25) is 0 Å². The first-order valence-electron chi connectivity index (χ1n) is 6.95. The maximum absolute atomic E-state index is 5.56. The topological polar surface area (TPSA) is 74.0 Å². The van der Waals surface area contributed by atoms with Gasteiger partial charge in [0.1, 0.15) is 16.4 Å². The van der Waals surface area contributed by atoms with Crippen LogP contribution in [0.2, 0.25) is 0 Å². The van der Waals surface area contributed by atoms with Crippen LogP contribution in [0.5, 0.6) is 0 Å². The Hall–Kier alpha value is -2.51. The highest BCUT2D eigenvalue weighted by molar-refractivity contribution is 7.13. The molecule has 0 radical (unpaired) electrons. The molecule has 0 aliphatic rings. The molecule has 0 aliphatic heterocycles. The summed E-state index contributed by atoms with van der Waals surface area (Å²) in [6.45, 7) is 1.36. The van der Waals surface area contributed by atoms with Crippen LogP contribution < -0.4 is 5.73 Å². The van der Waals surface area contributed by atoms with Crippen molar-refractivity contribution in [2.75, 3.05) is 6.54 Å². The van der Waals surface area contributed by atoms with Gasteiger partial charge in [-0.05, 0) is 12.1 Å². The van der Waals surface area contributed by atoms with Gasteiger partial charge in [0.05, 0.1) is 23.6 Å². The molecule has 7 heteroatoms. The fourth-order valence-electron chi connectivity index (χ4n) is 2.38. The molecule has 110 valence electrons. The van der Waals surface area contributed by atoms with E-state index in [0.29, 0.717) is 6.54 Å². The third-order valence-corrected chi connectivity index (χ3v) is 4.32. The largest absolute Gasteiger partial charge is 0.336 e. The van der Waals surface area contributed by atoms with Crippen molar-refractivity contribution in [1.29, 1.82) is 0 Å². The van der Waals surface area contributed by atoms with Crippen LogP contribution in [0, 0.1) is 0 Å². The molecule has 4 rings (SSSR count). The Kier molecular flexibility index (Phi) is 3.21. The smallest absolute Gasteiger partial charge is 0.127 e. The van der Waals surface area contributed by atoms with Crippen LogP contribution >= 0.6 is 11.3 Å². The summed E-state index contributed by atoms with van der Waals surface area (Å²) in [5.41, 5.74) is 9.40. The van der Waals surface area contributed by atoms with E-state index in [9.17, 15) is 0 Å². The second kappa shape index (κ2) is 5.36. The van der Waals surface area contributed by atoms with Crippen molar-refractivity contribution in [3.05, 3.63) is 48.5 Å². The molecule has 6 nitrogen and oxygen atoms in total. The molecule has 0 saturated carbocycles. The number of pyridine rings is 1. The summed E-state index contributed by atoms with van der Waals surface area (Å²) >= 11 is 1.60. The standard InChI is InChI=1S/C15H14N6S/c16-4-6-20-8-12(17-10-20)13-9-22-15(19-13)11-7-18-21-5-2-1-3-14(11)21/h1-3,5,7-10H,4,6,16H2. The Balaban J connectivity index is 1.71. The third kappa shape index (κ3) is 2.20. The van der Waals surface area contributed by atoms with Gasteiger partial charge in [-0.2, -0.15) is 5.10 Å². The predicted molar refractivity (Wildman–Crippen MR) is 86.6 cm³/mol. The van der Waals surface area contributed by atoms with Gasteiger partial charge in [0, 0.05) is 30.9 Å². The number of aromatic nitrogens is 5. The summed E-state index contributed by atoms with van der Waals surface area (Å²) in [5, 5.41) is 7.33. The maximum atomic E-state index is 5.56. The number of nitrogens with two attached hydrogens (primary N) is 1. The van der Waals surface area contributed by atoms with Crippen molar-refractivity contribution < 1.29 is 0 Å². The monoisotopic (exact) mass is 310 g/mol. The van der Waals surface area contributed by atoms with E-state index in [1.54, 1.807) is 17.7 Å². The SMILES string of the molecule is NCCn1cnc(-c2csc(-c3cnn4ccccc34)n2)c1. The second-order valence-corrected chi connectivity index (χ2v) is 5.77. The zero-order valence-electron chi connectivity index (χ0n) is 11.8. The molecule has 0 fully saturated rings. The molecule has 0 saturated heterocycles. The first-order valence-corrected chi connectivity index (χ1v) is 7.83. The van der Waals surface area contributed by atoms with Crippen molar-refractivity contribution in [1.82, 2.24) is 24.1 Å². The maximum Gasteiger partial charge on any atom is 0.127 e. The van der Waals surface area contributed by atoms with E-state index >= 15 is 0 Å². The lowest BCUT2D eigenvalue weighted by Crippen LogP contribution is -2.07. The lowest BCUT2D eigenvalue weighted by atomic mass is 10.3. The van der Waals surface area contributed by atoms with Gasteiger partial charge in [-0.15, -0.1) is 11.3 Å². The van der Waals surface area contributed by atoms with Crippen molar-refractivity contribution in [3.8, 4) is 22.0 Å². The quantitative estimate of drug-likeness (QED) is 0.627. The minimum absolute atomic E-state index is 0.598. The Labute approximate surface area is 130 Å². The first kappa shape index (κ1) is 13.2. The third-order valence-electron chi connectivity index (χ3n) is 3.44. The lowest BCUT2D eigenvalue weighted by Gasteiger charge is -1.95. The number of nitrogens with zero attached hydrogens (tertiary/aromatic N) is 5. The molecule has 0 amide bonds. The van der Waals surface area contributed by atoms with E-state index in [1.165, 1.54) is 0 Å². The molecule has 0 aliphatic carbocycles. The van der Waals surface area contributed by atoms with Crippen LogP contribution in [0.3, 0.4) is 0 Å². The van der Waals surface area contributed by atoms with Crippen LogP contribution in [0.1, 0.15) is 0 Å². The Bertz CT molecular complexity index is 919. The van der Waals surface area contributed by atoms with E-state index in [0.717, 1.165) is 34.0 Å². The number of hydrogen-bond acceptors (Lipinski definition) is 5. The van der Waals surface area contributed by atoms with Gasteiger partial charge < -0.3 is 10.3 Å². The number of fused-ring (bicyclic) bond motifs is 1. The molecule has 0 atom stereocenters. The van der Waals surface area contributed by atoms with Gasteiger partial charge in [0.25, 0.3) is 0 Å². The minimum atomic E-state index is 0.598. The molecule has 0 spiro atoms. The first-order chi connectivity index (χ1) is 10.8. The summed E-state index contributed by atoms with van der Waals surface area (Å²) in [4.78, 5) is 9.10. The van der Waals surface area contributed by atoms with E-state index in [1.807, 2.05) is 51.3 Å². The highest BCUT2D eigenvalue weighted by Crippen LogP contribution is 2.30. The van der Waals surface area contributed by atoms with Crippen molar-refractivity contribution in [2.24, 2.45) is 5.73 Å². The highest BCUT2D eigenvalue weighted by Gasteiger charge is 2.12. The summed E-state index contributed by atoms with van der Waals surface area (Å²) < 4.78 is 3.83. The Morgan fingerprint density at radius 1 is 1.23 bits per heavy atom. The van der Waals surface area contributed by atoms with Crippen molar-refractivity contribution >= 4 is 16.9 Å². The number of rotatable bonds is 4. The molecule has 0 unspecified atom stereocenters. The summed E-state index contributed by atoms with van der Waals surface area (Å²) in [5.74, 6) is 0. The molecule has 0 aromatic carbocycles. The number of imidazole rings is 1. The summed E-state index contributed by atoms with van der Waals surface area (Å²) in [6.07, 6.45) is 7.55. The molecule has 4 aromatic rings. The molecule has 0 bridgehead atoms. The fraction of sp³-hybridized carbons (Fsp3) is 0.133. The van der Waals surface area contributed by atoms with Crippen LogP contribution in [0.15, 0.2) is 48.5 Å². The van der Waals surface area contributed by atoms with Gasteiger partial charge in [0.2, 0.25) is 0 Å².